The molecule has 0 atom stereocenters. The molecule has 0 saturated carbocycles. The smallest absolute Gasteiger partial charge is 0.249 e. The third-order valence-corrected chi connectivity index (χ3v) is 6.17. The Morgan fingerprint density at radius 3 is 2.48 bits per heavy atom. The van der Waals surface area contributed by atoms with Crippen molar-refractivity contribution in [2.75, 3.05) is 5.32 Å². The number of benzene rings is 1. The quantitative estimate of drug-likeness (QED) is 0.245. The van der Waals surface area contributed by atoms with Crippen LogP contribution in [0.1, 0.15) is 23.1 Å². The first kappa shape index (κ1) is 22.4. The van der Waals surface area contributed by atoms with Gasteiger partial charge in [0.25, 0.3) is 0 Å². The molecule has 0 saturated heterocycles. The van der Waals surface area contributed by atoms with E-state index in [9.17, 15) is 22.8 Å². The lowest BCUT2D eigenvalue weighted by Crippen LogP contribution is -2.27. The minimum Gasteiger partial charge on any atom is -0.302 e. The fourth-order valence-corrected chi connectivity index (χ4v) is 4.01. The largest absolute Gasteiger partial charge is 0.302 e. The molecule has 0 bridgehead atoms. The van der Waals surface area contributed by atoms with E-state index in [2.05, 4.69) is 25.9 Å². The van der Waals surface area contributed by atoms with Crippen LogP contribution in [0.2, 0.25) is 0 Å². The number of carbonyl (C=O) groups excluding carboxylic acids is 3. The van der Waals surface area contributed by atoms with E-state index < -0.39 is 28.3 Å². The Morgan fingerprint density at radius 2 is 1.90 bits per heavy atom. The van der Waals surface area contributed by atoms with Gasteiger partial charge in [-0.15, -0.1) is 16.4 Å². The molecule has 3 rings (SSSR count). The highest BCUT2D eigenvalue weighted by atomic mass is 32.2. The lowest BCUT2D eigenvalue weighted by molar-refractivity contribution is -0.126. The Balaban J connectivity index is 1.81. The van der Waals surface area contributed by atoms with Crippen molar-refractivity contribution in [1.29, 1.82) is 0 Å². The fourth-order valence-electron chi connectivity index (χ4n) is 2.19. The van der Waals surface area contributed by atoms with Gasteiger partial charge in [0.2, 0.25) is 26.6 Å². The molecule has 0 aliphatic rings. The fraction of sp³-hybridized carbons (Fsp3) is 0.125. The molecule has 4 N–H and O–H groups in total. The van der Waals surface area contributed by atoms with Crippen molar-refractivity contribution in [3.05, 3.63) is 45.7 Å². The number of sulfonamides is 1. The monoisotopic (exact) mass is 481 g/mol. The molecule has 0 aliphatic carbocycles. The Bertz CT molecular complexity index is 1290. The number of hydrogen-bond acceptors (Lipinski definition) is 10. The highest BCUT2D eigenvalue weighted by molar-refractivity contribution is 7.89. The number of ketones is 1. The van der Waals surface area contributed by atoms with Crippen LogP contribution in [0, 0.1) is 0 Å². The summed E-state index contributed by atoms with van der Waals surface area (Å²) in [6.45, 7) is 1.32. The summed E-state index contributed by atoms with van der Waals surface area (Å²) in [6, 6.07) is 5.39. The number of rotatable bonds is 7. The number of Topliss-reactive ketones (excluding diaryl/α,β-unsaturated/α-hetero) is 1. The van der Waals surface area contributed by atoms with E-state index in [0.717, 1.165) is 11.3 Å². The van der Waals surface area contributed by atoms with Crippen LogP contribution in [0.3, 0.4) is 0 Å². The van der Waals surface area contributed by atoms with Gasteiger partial charge in [0.1, 0.15) is 6.42 Å². The number of carbonyl (C=O) groups is 3. The second-order valence-electron chi connectivity index (χ2n) is 5.91. The molecule has 31 heavy (non-hydrogen) atoms. The van der Waals surface area contributed by atoms with Crippen LogP contribution in [0.4, 0.5) is 5.13 Å². The molecule has 1 aromatic carbocycles. The molecular formula is C16H15N7O5S3. The van der Waals surface area contributed by atoms with Gasteiger partial charge in [-0.05, 0) is 24.3 Å². The van der Waals surface area contributed by atoms with E-state index >= 15 is 0 Å². The molecule has 162 valence electrons. The van der Waals surface area contributed by atoms with Crippen LogP contribution in [-0.2, 0) is 19.6 Å². The summed E-state index contributed by atoms with van der Waals surface area (Å²) in [5.41, 5.74) is 2.62. The Labute approximate surface area is 183 Å². The van der Waals surface area contributed by atoms with E-state index in [1.165, 1.54) is 53.4 Å². The number of primary sulfonamides is 1. The topological polar surface area (TPSA) is 178 Å². The second-order valence-corrected chi connectivity index (χ2v) is 9.32. The van der Waals surface area contributed by atoms with Gasteiger partial charge in [-0.1, -0.05) is 11.3 Å². The summed E-state index contributed by atoms with van der Waals surface area (Å²) in [7, 11) is -3.88. The van der Waals surface area contributed by atoms with Crippen molar-refractivity contribution in [1.82, 2.24) is 20.2 Å². The van der Waals surface area contributed by atoms with Gasteiger partial charge in [0.15, 0.2) is 15.9 Å². The lowest BCUT2D eigenvalue weighted by Gasteiger charge is -2.03. The molecule has 2 aromatic heterocycles. The average Bonchev–Trinajstić information content (AvgIpc) is 3.35. The first-order valence-electron chi connectivity index (χ1n) is 8.40. The van der Waals surface area contributed by atoms with Crippen molar-refractivity contribution in [3.8, 4) is 5.69 Å². The third-order valence-electron chi connectivity index (χ3n) is 3.55. The maximum absolute atomic E-state index is 12.0. The standard InChI is InChI=1S/C16H15N7O5S3/c1-9(24)14-22-23(10-2-4-11(5-3-10)31(17,27)28)16(30-14)21-20-13(26)8-12(25)19-15-18-6-7-29-15/h2-7H,8H2,1H3,(H,20,26)(H2,17,27,28)(H,18,19,25)/b21-16-. The normalized spacial score (nSPS) is 11.9. The number of anilines is 1. The van der Waals surface area contributed by atoms with Gasteiger partial charge in [0, 0.05) is 18.5 Å². The summed E-state index contributed by atoms with van der Waals surface area (Å²) in [5.74, 6) is -1.58. The zero-order chi connectivity index (χ0) is 22.6. The van der Waals surface area contributed by atoms with Crippen LogP contribution in [0.5, 0.6) is 0 Å². The minimum atomic E-state index is -3.88. The first-order chi connectivity index (χ1) is 14.6. The summed E-state index contributed by atoms with van der Waals surface area (Å²) in [4.78, 5) is 39.5. The number of hydrogen-bond donors (Lipinski definition) is 3. The van der Waals surface area contributed by atoms with Gasteiger partial charge < -0.3 is 5.32 Å². The summed E-state index contributed by atoms with van der Waals surface area (Å²) in [6.07, 6.45) is 1.02. The second kappa shape index (κ2) is 9.25. The van der Waals surface area contributed by atoms with Crippen LogP contribution >= 0.6 is 22.7 Å². The van der Waals surface area contributed by atoms with Crippen molar-refractivity contribution >= 4 is 55.4 Å². The highest BCUT2D eigenvalue weighted by Gasteiger charge is 2.14. The van der Waals surface area contributed by atoms with E-state index in [0.29, 0.717) is 10.8 Å². The van der Waals surface area contributed by atoms with Gasteiger partial charge in [-0.2, -0.15) is 5.10 Å². The zero-order valence-corrected chi connectivity index (χ0v) is 18.3. The molecule has 2 amide bonds. The molecule has 12 nitrogen and oxygen atoms in total. The van der Waals surface area contributed by atoms with E-state index in [-0.39, 0.29) is 20.5 Å². The number of nitrogens with one attached hydrogen (secondary N) is 2. The number of nitrogens with zero attached hydrogens (tertiary/aromatic N) is 4. The number of nitrogens with two attached hydrogens (primary N) is 1. The third kappa shape index (κ3) is 5.88. The van der Waals surface area contributed by atoms with Crippen molar-refractivity contribution in [2.45, 2.75) is 18.2 Å². The van der Waals surface area contributed by atoms with Crippen LogP contribution in [0.25, 0.3) is 5.69 Å². The van der Waals surface area contributed by atoms with Crippen molar-refractivity contribution < 1.29 is 22.8 Å². The highest BCUT2D eigenvalue weighted by Crippen LogP contribution is 2.13. The lowest BCUT2D eigenvalue weighted by atomic mass is 10.3. The number of aromatic nitrogens is 3. The molecule has 15 heteroatoms. The summed E-state index contributed by atoms with van der Waals surface area (Å²) in [5, 5.41) is 17.8. The van der Waals surface area contributed by atoms with Crippen LogP contribution in [-0.4, -0.2) is 40.8 Å². The summed E-state index contributed by atoms with van der Waals surface area (Å²) >= 11 is 2.12. The van der Waals surface area contributed by atoms with Gasteiger partial charge in [0.05, 0.1) is 10.6 Å². The Kier molecular flexibility index (Phi) is 6.69. The Hall–Kier alpha value is -3.27. The minimum absolute atomic E-state index is 0.100. The number of amides is 2. The molecule has 0 fully saturated rings. The van der Waals surface area contributed by atoms with Gasteiger partial charge in [-0.3, -0.25) is 14.4 Å². The molecule has 0 unspecified atom stereocenters. The van der Waals surface area contributed by atoms with E-state index in [1.54, 1.807) is 5.38 Å². The van der Waals surface area contributed by atoms with Crippen LogP contribution in [0.15, 0.2) is 45.8 Å². The SMILES string of the molecule is CC(=O)c1nn(-c2ccc(S(N)(=O)=O)cc2)/c(=N/NC(=O)CC(=O)Nc2nccs2)s1. The molecule has 0 aliphatic heterocycles. The maximum atomic E-state index is 12.0. The predicted octanol–water partition coefficient (Wildman–Crippen LogP) is 0.201. The van der Waals surface area contributed by atoms with E-state index in [4.69, 9.17) is 5.14 Å². The molecular weight excluding hydrogens is 466 g/mol. The molecule has 3 aromatic rings. The van der Waals surface area contributed by atoms with E-state index in [1.807, 2.05) is 0 Å². The van der Waals surface area contributed by atoms with Gasteiger partial charge in [-0.25, -0.2) is 28.6 Å². The van der Waals surface area contributed by atoms with Crippen LogP contribution < -0.4 is 20.7 Å². The molecule has 0 radical (unpaired) electrons. The van der Waals surface area contributed by atoms with Gasteiger partial charge >= 0.3 is 0 Å². The molecule has 2 heterocycles. The average molecular weight is 482 g/mol. The predicted molar refractivity (Wildman–Crippen MR) is 112 cm³/mol. The Morgan fingerprint density at radius 1 is 1.19 bits per heavy atom. The van der Waals surface area contributed by atoms with Crippen molar-refractivity contribution in [2.24, 2.45) is 10.2 Å². The zero-order valence-electron chi connectivity index (χ0n) is 15.8. The first-order valence-corrected chi connectivity index (χ1v) is 11.6. The van der Waals surface area contributed by atoms with Crippen molar-refractivity contribution in [3.63, 3.8) is 0 Å². The number of thiazole rings is 1. The summed E-state index contributed by atoms with van der Waals surface area (Å²) < 4.78 is 24.1. The maximum Gasteiger partial charge on any atom is 0.249 e. The molecule has 0 spiro atoms.